The van der Waals surface area contributed by atoms with Gasteiger partial charge in [0.25, 0.3) is 0 Å². The van der Waals surface area contributed by atoms with Crippen molar-refractivity contribution >= 4 is 5.91 Å². The summed E-state index contributed by atoms with van der Waals surface area (Å²) in [6.07, 6.45) is 0.179. The summed E-state index contributed by atoms with van der Waals surface area (Å²) >= 11 is 0. The third-order valence-electron chi connectivity index (χ3n) is 2.32. The zero-order valence-electron chi connectivity index (χ0n) is 10.1. The third kappa shape index (κ3) is 3.96. The molecule has 1 aromatic carbocycles. The Morgan fingerprint density at radius 2 is 2.12 bits per heavy atom. The molecule has 0 bridgehead atoms. The quantitative estimate of drug-likeness (QED) is 0.773. The Morgan fingerprint density at radius 1 is 1.41 bits per heavy atom. The molecule has 0 aliphatic carbocycles. The van der Waals surface area contributed by atoms with E-state index in [-0.39, 0.29) is 19.1 Å². The predicted octanol–water partition coefficient (Wildman–Crippen LogP) is 0.969. The standard InChI is InChI=1S/C12H18N2O3/c1-8(13)9-3-4-10(11(7-9)16-2)17-6-5-12(14)15/h3-4,7-8H,5-6,13H2,1-2H3,(H2,14,15)/t8-/m0/s1. The maximum Gasteiger partial charge on any atom is 0.220 e. The van der Waals surface area contributed by atoms with Crippen molar-refractivity contribution in [2.45, 2.75) is 19.4 Å². The van der Waals surface area contributed by atoms with Crippen LogP contribution in [0.2, 0.25) is 0 Å². The van der Waals surface area contributed by atoms with E-state index in [1.54, 1.807) is 13.2 Å². The molecule has 5 heteroatoms. The molecule has 0 saturated heterocycles. The van der Waals surface area contributed by atoms with Gasteiger partial charge in [-0.15, -0.1) is 0 Å². The topological polar surface area (TPSA) is 87.6 Å². The molecular formula is C12H18N2O3. The number of carbonyl (C=O) groups excluding carboxylic acids is 1. The molecule has 0 saturated carbocycles. The average molecular weight is 238 g/mol. The van der Waals surface area contributed by atoms with Crippen molar-refractivity contribution < 1.29 is 14.3 Å². The average Bonchev–Trinajstić information content (AvgIpc) is 2.28. The Hall–Kier alpha value is -1.75. The van der Waals surface area contributed by atoms with Gasteiger partial charge in [-0.2, -0.15) is 0 Å². The fourth-order valence-electron chi connectivity index (χ4n) is 1.35. The predicted molar refractivity (Wildman–Crippen MR) is 64.9 cm³/mol. The van der Waals surface area contributed by atoms with Gasteiger partial charge in [0.05, 0.1) is 20.1 Å². The van der Waals surface area contributed by atoms with Crippen molar-refractivity contribution in [2.75, 3.05) is 13.7 Å². The number of carbonyl (C=O) groups is 1. The summed E-state index contributed by atoms with van der Waals surface area (Å²) < 4.78 is 10.6. The van der Waals surface area contributed by atoms with E-state index in [1.165, 1.54) is 0 Å². The maximum atomic E-state index is 10.6. The summed E-state index contributed by atoms with van der Waals surface area (Å²) in [5, 5.41) is 0. The first-order valence-electron chi connectivity index (χ1n) is 5.39. The van der Waals surface area contributed by atoms with E-state index in [9.17, 15) is 4.79 Å². The van der Waals surface area contributed by atoms with Gasteiger partial charge in [0.2, 0.25) is 5.91 Å². The van der Waals surface area contributed by atoms with E-state index in [2.05, 4.69) is 0 Å². The van der Waals surface area contributed by atoms with Gasteiger partial charge in [0.1, 0.15) is 0 Å². The summed E-state index contributed by atoms with van der Waals surface area (Å²) in [5.41, 5.74) is 11.8. The summed E-state index contributed by atoms with van der Waals surface area (Å²) in [4.78, 5) is 10.6. The summed E-state index contributed by atoms with van der Waals surface area (Å²) in [5.74, 6) is 0.790. The number of nitrogens with two attached hydrogens (primary N) is 2. The van der Waals surface area contributed by atoms with Crippen LogP contribution in [0.4, 0.5) is 0 Å². The van der Waals surface area contributed by atoms with Crippen LogP contribution in [0, 0.1) is 0 Å². The minimum atomic E-state index is -0.392. The summed E-state index contributed by atoms with van der Waals surface area (Å²) in [6, 6.07) is 5.40. The lowest BCUT2D eigenvalue weighted by atomic mass is 10.1. The number of methoxy groups -OCH3 is 1. The molecule has 94 valence electrons. The van der Waals surface area contributed by atoms with Crippen molar-refractivity contribution in [3.8, 4) is 11.5 Å². The molecule has 0 aromatic heterocycles. The smallest absolute Gasteiger partial charge is 0.220 e. The van der Waals surface area contributed by atoms with Gasteiger partial charge in [-0.25, -0.2) is 0 Å². The van der Waals surface area contributed by atoms with Gasteiger partial charge < -0.3 is 20.9 Å². The fourth-order valence-corrected chi connectivity index (χ4v) is 1.35. The zero-order valence-corrected chi connectivity index (χ0v) is 10.1. The third-order valence-corrected chi connectivity index (χ3v) is 2.32. The van der Waals surface area contributed by atoms with Crippen LogP contribution >= 0.6 is 0 Å². The molecule has 0 aliphatic rings. The SMILES string of the molecule is COc1cc([C@H](C)N)ccc1OCCC(N)=O. The van der Waals surface area contributed by atoms with E-state index in [0.29, 0.717) is 11.5 Å². The molecule has 1 rings (SSSR count). The van der Waals surface area contributed by atoms with Crippen LogP contribution in [-0.2, 0) is 4.79 Å². The van der Waals surface area contributed by atoms with Gasteiger partial charge in [-0.3, -0.25) is 4.79 Å². The normalized spacial score (nSPS) is 11.9. The second-order valence-electron chi connectivity index (χ2n) is 3.76. The number of hydrogen-bond acceptors (Lipinski definition) is 4. The van der Waals surface area contributed by atoms with E-state index in [4.69, 9.17) is 20.9 Å². The summed E-state index contributed by atoms with van der Waals surface area (Å²) in [6.45, 7) is 2.13. The number of primary amides is 1. The fraction of sp³-hybridized carbons (Fsp3) is 0.417. The van der Waals surface area contributed by atoms with Crippen LogP contribution in [0.5, 0.6) is 11.5 Å². The molecular weight excluding hydrogens is 220 g/mol. The highest BCUT2D eigenvalue weighted by molar-refractivity contribution is 5.73. The van der Waals surface area contributed by atoms with Crippen molar-refractivity contribution in [2.24, 2.45) is 11.5 Å². The largest absolute Gasteiger partial charge is 0.493 e. The van der Waals surface area contributed by atoms with Gasteiger partial charge in [0, 0.05) is 6.04 Å². The monoisotopic (exact) mass is 238 g/mol. The van der Waals surface area contributed by atoms with Crippen molar-refractivity contribution in [3.63, 3.8) is 0 Å². The Bertz CT molecular complexity index is 391. The molecule has 0 aliphatic heterocycles. The van der Waals surface area contributed by atoms with Gasteiger partial charge in [-0.05, 0) is 24.6 Å². The lowest BCUT2D eigenvalue weighted by molar-refractivity contribution is -0.118. The van der Waals surface area contributed by atoms with Crippen molar-refractivity contribution in [1.29, 1.82) is 0 Å². The minimum absolute atomic E-state index is 0.0661. The van der Waals surface area contributed by atoms with Crippen LogP contribution in [0.3, 0.4) is 0 Å². The maximum absolute atomic E-state index is 10.6. The lowest BCUT2D eigenvalue weighted by Crippen LogP contribution is -2.14. The molecule has 0 unspecified atom stereocenters. The van der Waals surface area contributed by atoms with Crippen molar-refractivity contribution in [3.05, 3.63) is 23.8 Å². The molecule has 1 atom stereocenters. The Balaban J connectivity index is 2.74. The first-order valence-corrected chi connectivity index (χ1v) is 5.39. The molecule has 5 nitrogen and oxygen atoms in total. The number of amides is 1. The van der Waals surface area contributed by atoms with Gasteiger partial charge in [0.15, 0.2) is 11.5 Å². The number of ether oxygens (including phenoxy) is 2. The molecule has 1 aromatic rings. The first kappa shape index (κ1) is 13.3. The Kier molecular flexibility index (Phi) is 4.78. The molecule has 0 spiro atoms. The highest BCUT2D eigenvalue weighted by atomic mass is 16.5. The number of benzene rings is 1. The van der Waals surface area contributed by atoms with Gasteiger partial charge in [-0.1, -0.05) is 6.07 Å². The molecule has 0 heterocycles. The van der Waals surface area contributed by atoms with Crippen LogP contribution in [-0.4, -0.2) is 19.6 Å². The molecule has 17 heavy (non-hydrogen) atoms. The summed E-state index contributed by atoms with van der Waals surface area (Å²) in [7, 11) is 1.56. The van der Waals surface area contributed by atoms with E-state index < -0.39 is 5.91 Å². The molecule has 4 N–H and O–H groups in total. The van der Waals surface area contributed by atoms with Crippen LogP contribution in [0.1, 0.15) is 24.9 Å². The number of rotatable bonds is 6. The minimum Gasteiger partial charge on any atom is -0.493 e. The van der Waals surface area contributed by atoms with E-state index >= 15 is 0 Å². The van der Waals surface area contributed by atoms with Crippen LogP contribution in [0.25, 0.3) is 0 Å². The second kappa shape index (κ2) is 6.10. The van der Waals surface area contributed by atoms with Crippen molar-refractivity contribution in [1.82, 2.24) is 0 Å². The highest BCUT2D eigenvalue weighted by Crippen LogP contribution is 2.29. The molecule has 0 radical (unpaired) electrons. The second-order valence-corrected chi connectivity index (χ2v) is 3.76. The van der Waals surface area contributed by atoms with E-state index in [1.807, 2.05) is 19.1 Å². The van der Waals surface area contributed by atoms with Crippen LogP contribution in [0.15, 0.2) is 18.2 Å². The number of hydrogen-bond donors (Lipinski definition) is 2. The van der Waals surface area contributed by atoms with Crippen LogP contribution < -0.4 is 20.9 Å². The van der Waals surface area contributed by atoms with Gasteiger partial charge >= 0.3 is 0 Å². The van der Waals surface area contributed by atoms with E-state index in [0.717, 1.165) is 5.56 Å². The lowest BCUT2D eigenvalue weighted by Gasteiger charge is -2.13. The molecule has 1 amide bonds. The Morgan fingerprint density at radius 3 is 2.65 bits per heavy atom. The highest BCUT2D eigenvalue weighted by Gasteiger charge is 2.08. The Labute approximate surface area is 101 Å². The molecule has 0 fully saturated rings. The first-order chi connectivity index (χ1) is 8.04. The zero-order chi connectivity index (χ0) is 12.8.